The fourth-order valence-electron chi connectivity index (χ4n) is 2.78. The molecule has 6 heteroatoms. The number of benzene rings is 1. The number of methoxy groups -OCH3 is 1. The van der Waals surface area contributed by atoms with Crippen LogP contribution in [0.4, 0.5) is 11.5 Å². The minimum Gasteiger partial charge on any atom is -0.368 e. The molecule has 1 atom stereocenters. The Kier molecular flexibility index (Phi) is 5.40. The van der Waals surface area contributed by atoms with Crippen molar-refractivity contribution in [3.05, 3.63) is 54.2 Å². The maximum Gasteiger partial charge on any atom is 0.259 e. The second kappa shape index (κ2) is 7.90. The van der Waals surface area contributed by atoms with Crippen LogP contribution in [0.5, 0.6) is 0 Å². The summed E-state index contributed by atoms with van der Waals surface area (Å²) in [5, 5.41) is 6.14. The molecule has 1 aliphatic heterocycles. The normalized spacial score (nSPS) is 15.8. The lowest BCUT2D eigenvalue weighted by atomic mass is 10.1. The van der Waals surface area contributed by atoms with Gasteiger partial charge in [-0.3, -0.25) is 4.79 Å². The van der Waals surface area contributed by atoms with Gasteiger partial charge in [0, 0.05) is 33.3 Å². The van der Waals surface area contributed by atoms with E-state index in [1.54, 1.807) is 6.20 Å². The Bertz CT molecular complexity index is 654. The number of amides is 1. The van der Waals surface area contributed by atoms with Crippen molar-refractivity contribution < 1.29 is 9.53 Å². The quantitative estimate of drug-likeness (QED) is 0.877. The molecule has 0 bridgehead atoms. The molecule has 126 valence electrons. The van der Waals surface area contributed by atoms with Gasteiger partial charge >= 0.3 is 0 Å². The number of pyridine rings is 1. The van der Waals surface area contributed by atoms with Crippen molar-refractivity contribution in [2.45, 2.75) is 6.10 Å². The van der Waals surface area contributed by atoms with E-state index >= 15 is 0 Å². The molecule has 0 radical (unpaired) electrons. The molecular weight excluding hydrogens is 304 g/mol. The van der Waals surface area contributed by atoms with Gasteiger partial charge < -0.3 is 20.3 Å². The van der Waals surface area contributed by atoms with E-state index in [-0.39, 0.29) is 5.91 Å². The Hall–Kier alpha value is -2.44. The van der Waals surface area contributed by atoms with Crippen molar-refractivity contribution >= 4 is 17.4 Å². The molecule has 0 spiro atoms. The zero-order chi connectivity index (χ0) is 16.8. The molecule has 24 heavy (non-hydrogen) atoms. The Balaban J connectivity index is 1.65. The van der Waals surface area contributed by atoms with Crippen molar-refractivity contribution in [2.75, 3.05) is 43.5 Å². The van der Waals surface area contributed by atoms with Gasteiger partial charge in [-0.2, -0.15) is 0 Å². The first kappa shape index (κ1) is 16.4. The molecule has 3 rings (SSSR count). The second-order valence-corrected chi connectivity index (χ2v) is 5.65. The highest BCUT2D eigenvalue weighted by Gasteiger charge is 2.20. The molecule has 1 aliphatic rings. The van der Waals surface area contributed by atoms with Gasteiger partial charge in [0.2, 0.25) is 0 Å². The van der Waals surface area contributed by atoms with Crippen LogP contribution in [-0.4, -0.2) is 44.2 Å². The van der Waals surface area contributed by atoms with Crippen molar-refractivity contribution in [2.24, 2.45) is 0 Å². The average molecular weight is 326 g/mol. The fourth-order valence-corrected chi connectivity index (χ4v) is 2.78. The van der Waals surface area contributed by atoms with E-state index in [0.29, 0.717) is 5.82 Å². The zero-order valence-electron chi connectivity index (χ0n) is 13.7. The summed E-state index contributed by atoms with van der Waals surface area (Å²) in [5.41, 5.74) is 1.88. The molecule has 2 heterocycles. The number of ether oxygens (including phenoxy) is 1. The summed E-state index contributed by atoms with van der Waals surface area (Å²) in [6.07, 6.45) is 1.14. The summed E-state index contributed by atoms with van der Waals surface area (Å²) in [6.45, 7) is 3.89. The van der Waals surface area contributed by atoms with Crippen molar-refractivity contribution in [1.82, 2.24) is 10.3 Å². The van der Waals surface area contributed by atoms with Crippen LogP contribution < -0.4 is 15.5 Å². The summed E-state index contributed by atoms with van der Waals surface area (Å²) in [6, 6.07) is 13.2. The predicted molar refractivity (Wildman–Crippen MR) is 94.1 cm³/mol. The van der Waals surface area contributed by atoms with E-state index in [9.17, 15) is 4.79 Å². The van der Waals surface area contributed by atoms with Gasteiger partial charge in [0.25, 0.3) is 5.91 Å². The Labute approximate surface area is 141 Å². The molecule has 1 saturated heterocycles. The number of nitrogens with zero attached hydrogens (tertiary/aromatic N) is 2. The second-order valence-electron chi connectivity index (χ2n) is 5.65. The van der Waals surface area contributed by atoms with Gasteiger partial charge in [-0.05, 0) is 17.7 Å². The Morgan fingerprint density at radius 3 is 2.58 bits per heavy atom. The smallest absolute Gasteiger partial charge is 0.259 e. The molecule has 1 fully saturated rings. The number of carbonyl (C=O) groups is 1. The summed E-state index contributed by atoms with van der Waals surface area (Å²) in [7, 11) is 1.53. The molecule has 1 amide bonds. The predicted octanol–water partition coefficient (Wildman–Crippen LogP) is 1.82. The summed E-state index contributed by atoms with van der Waals surface area (Å²) >= 11 is 0. The SMILES string of the molecule is COC(C(=O)Nc1ccc(N2CCNCC2)cn1)c1ccccc1. The van der Waals surface area contributed by atoms with Gasteiger partial charge in [0.05, 0.1) is 11.9 Å². The van der Waals surface area contributed by atoms with Gasteiger partial charge in [-0.15, -0.1) is 0 Å². The number of hydrogen-bond acceptors (Lipinski definition) is 5. The molecule has 1 aromatic heterocycles. The largest absolute Gasteiger partial charge is 0.368 e. The lowest BCUT2D eigenvalue weighted by Crippen LogP contribution is -2.43. The monoisotopic (exact) mass is 326 g/mol. The third-order valence-corrected chi connectivity index (χ3v) is 4.06. The first-order chi connectivity index (χ1) is 11.8. The molecular formula is C18H22N4O2. The number of aromatic nitrogens is 1. The van der Waals surface area contributed by atoms with Crippen LogP contribution in [0.1, 0.15) is 11.7 Å². The first-order valence-corrected chi connectivity index (χ1v) is 8.08. The third-order valence-electron chi connectivity index (χ3n) is 4.06. The average Bonchev–Trinajstić information content (AvgIpc) is 2.64. The molecule has 2 N–H and O–H groups in total. The Morgan fingerprint density at radius 1 is 1.21 bits per heavy atom. The maximum absolute atomic E-state index is 12.4. The van der Waals surface area contributed by atoms with Gasteiger partial charge in [-0.1, -0.05) is 30.3 Å². The van der Waals surface area contributed by atoms with Crippen molar-refractivity contribution in [3.63, 3.8) is 0 Å². The highest BCUT2D eigenvalue weighted by atomic mass is 16.5. The van der Waals surface area contributed by atoms with Gasteiger partial charge in [0.15, 0.2) is 6.10 Å². The minimum absolute atomic E-state index is 0.230. The van der Waals surface area contributed by atoms with Crippen LogP contribution in [0.15, 0.2) is 48.7 Å². The number of carbonyl (C=O) groups excluding carboxylic acids is 1. The molecule has 6 nitrogen and oxygen atoms in total. The number of anilines is 2. The summed E-state index contributed by atoms with van der Waals surface area (Å²) in [4.78, 5) is 19.1. The van der Waals surface area contributed by atoms with Gasteiger partial charge in [-0.25, -0.2) is 4.98 Å². The molecule has 1 unspecified atom stereocenters. The van der Waals surface area contributed by atoms with E-state index in [1.165, 1.54) is 7.11 Å². The maximum atomic E-state index is 12.4. The summed E-state index contributed by atoms with van der Waals surface area (Å²) in [5.74, 6) is 0.294. The van der Waals surface area contributed by atoms with E-state index in [0.717, 1.165) is 37.4 Å². The number of rotatable bonds is 5. The molecule has 1 aromatic carbocycles. The van der Waals surface area contributed by atoms with E-state index in [4.69, 9.17) is 4.74 Å². The van der Waals surface area contributed by atoms with Crippen LogP contribution in [0.3, 0.4) is 0 Å². The summed E-state index contributed by atoms with van der Waals surface area (Å²) < 4.78 is 5.33. The van der Waals surface area contributed by atoms with Crippen LogP contribution in [-0.2, 0) is 9.53 Å². The van der Waals surface area contributed by atoms with Crippen LogP contribution in [0.2, 0.25) is 0 Å². The fraction of sp³-hybridized carbons (Fsp3) is 0.333. The topological polar surface area (TPSA) is 66.5 Å². The highest BCUT2D eigenvalue weighted by molar-refractivity contribution is 5.94. The molecule has 0 aliphatic carbocycles. The lowest BCUT2D eigenvalue weighted by molar-refractivity contribution is -0.126. The molecule has 0 saturated carbocycles. The van der Waals surface area contributed by atoms with E-state index in [2.05, 4.69) is 20.5 Å². The van der Waals surface area contributed by atoms with Crippen LogP contribution in [0.25, 0.3) is 0 Å². The highest BCUT2D eigenvalue weighted by Crippen LogP contribution is 2.20. The first-order valence-electron chi connectivity index (χ1n) is 8.08. The molecule has 2 aromatic rings. The number of nitrogens with one attached hydrogen (secondary N) is 2. The standard InChI is InChI=1S/C18H22N4O2/c1-24-17(14-5-3-2-4-6-14)18(23)21-16-8-7-15(13-20-16)22-11-9-19-10-12-22/h2-8,13,17,19H,9-12H2,1H3,(H,20,21,23). The zero-order valence-corrected chi connectivity index (χ0v) is 13.7. The van der Waals surface area contributed by atoms with Crippen molar-refractivity contribution in [3.8, 4) is 0 Å². The van der Waals surface area contributed by atoms with Crippen molar-refractivity contribution in [1.29, 1.82) is 0 Å². The number of hydrogen-bond donors (Lipinski definition) is 2. The minimum atomic E-state index is -0.652. The lowest BCUT2D eigenvalue weighted by Gasteiger charge is -2.29. The van der Waals surface area contributed by atoms with Crippen LogP contribution >= 0.6 is 0 Å². The Morgan fingerprint density at radius 2 is 1.96 bits per heavy atom. The third kappa shape index (κ3) is 3.90. The van der Waals surface area contributed by atoms with Gasteiger partial charge in [0.1, 0.15) is 5.82 Å². The van der Waals surface area contributed by atoms with E-state index < -0.39 is 6.10 Å². The number of piperazine rings is 1. The van der Waals surface area contributed by atoms with Crippen LogP contribution in [0, 0.1) is 0 Å². The van der Waals surface area contributed by atoms with E-state index in [1.807, 2.05) is 42.5 Å².